The highest BCUT2D eigenvalue weighted by Gasteiger charge is 2.10. The van der Waals surface area contributed by atoms with Crippen molar-refractivity contribution in [1.29, 1.82) is 0 Å². The molecule has 70 valence electrons. The van der Waals surface area contributed by atoms with E-state index in [2.05, 4.69) is 0 Å². The summed E-state index contributed by atoms with van der Waals surface area (Å²) in [5.41, 5.74) is 5.11. The fourth-order valence-electron chi connectivity index (χ4n) is 0.772. The van der Waals surface area contributed by atoms with E-state index in [0.717, 1.165) is 0 Å². The number of primary amides is 1. The molecule has 0 saturated carbocycles. The molecule has 0 fully saturated rings. The van der Waals surface area contributed by atoms with Gasteiger partial charge in [-0.15, -0.1) is 0 Å². The number of carbonyl (C=O) groups is 1. The number of rotatable bonds is 3. The molecule has 0 radical (unpaired) electrons. The monoisotopic (exact) mass is 183 g/mol. The molecule has 1 atom stereocenters. The second-order valence-corrected chi connectivity index (χ2v) is 2.57. The van der Waals surface area contributed by atoms with Gasteiger partial charge in [-0.3, -0.25) is 4.79 Å². The smallest absolute Gasteiger partial charge is 0.224 e. The molecule has 3 nitrogen and oxygen atoms in total. The zero-order chi connectivity index (χ0) is 13.3. The van der Waals surface area contributed by atoms with Crippen LogP contribution in [0.3, 0.4) is 0 Å². The lowest BCUT2D eigenvalue weighted by Crippen LogP contribution is -2.18. The maximum absolute atomic E-state index is 11.1. The molecule has 1 unspecified atom stereocenters. The summed E-state index contributed by atoms with van der Waals surface area (Å²) in [6.45, 7) is 1.44. The van der Waals surface area contributed by atoms with Crippen LogP contribution in [0.15, 0.2) is 24.2 Å². The highest BCUT2D eigenvalue weighted by Crippen LogP contribution is 2.18. The fourth-order valence-corrected chi connectivity index (χ4v) is 0.772. The summed E-state index contributed by atoms with van der Waals surface area (Å²) < 4.78 is 35.5. The maximum atomic E-state index is 11.1. The molecule has 13 heavy (non-hydrogen) atoms. The number of ether oxygens (including phenoxy) is 1. The second kappa shape index (κ2) is 3.94. The second-order valence-electron chi connectivity index (χ2n) is 2.57. The van der Waals surface area contributed by atoms with Gasteiger partial charge < -0.3 is 10.5 Å². The van der Waals surface area contributed by atoms with Crippen LogP contribution < -0.4 is 10.5 Å². The summed E-state index contributed by atoms with van der Waals surface area (Å²) in [4.78, 5) is 11.1. The molecule has 0 aliphatic heterocycles. The minimum atomic E-state index is -0.880. The quantitative estimate of drug-likeness (QED) is 0.767. The molecule has 0 aromatic heterocycles. The van der Waals surface area contributed by atoms with Crippen molar-refractivity contribution < 1.29 is 15.0 Å². The van der Waals surface area contributed by atoms with E-state index >= 15 is 0 Å². The van der Waals surface area contributed by atoms with Crippen molar-refractivity contribution in [3.63, 3.8) is 0 Å². The van der Waals surface area contributed by atoms with Crippen LogP contribution in [0.4, 0.5) is 0 Å². The van der Waals surface area contributed by atoms with Crippen LogP contribution in [0.2, 0.25) is 0 Å². The van der Waals surface area contributed by atoms with E-state index in [1.807, 2.05) is 0 Å². The molecule has 0 spiro atoms. The molecule has 1 aromatic rings. The number of hydrogen-bond donors (Lipinski definition) is 1. The van der Waals surface area contributed by atoms with Gasteiger partial charge in [0, 0.05) is 0 Å². The molecule has 0 bridgehead atoms. The predicted octanol–water partition coefficient (Wildman–Crippen LogP) is 1.28. The van der Waals surface area contributed by atoms with Gasteiger partial charge in [0.05, 0.1) is 18.5 Å². The number of amides is 1. The predicted molar refractivity (Wildman–Crippen MR) is 50.6 cm³/mol. The highest BCUT2D eigenvalue weighted by atomic mass is 16.5. The number of carbonyl (C=O) groups excluding carboxylic acids is 1. The van der Waals surface area contributed by atoms with E-state index in [1.165, 1.54) is 14.0 Å². The Kier molecular flexibility index (Phi) is 1.60. The van der Waals surface area contributed by atoms with Gasteiger partial charge in [0.1, 0.15) is 5.75 Å². The topological polar surface area (TPSA) is 52.3 Å². The van der Waals surface area contributed by atoms with Gasteiger partial charge in [-0.05, 0) is 24.6 Å². The molecular formula is C10H13NO2. The first-order valence-electron chi connectivity index (χ1n) is 5.76. The SMILES string of the molecule is [2H]c1c([2H])c(C(C)C(N)=O)c([2H])c([2H])c1OC. The minimum Gasteiger partial charge on any atom is -0.497 e. The van der Waals surface area contributed by atoms with Crippen molar-refractivity contribution >= 4 is 5.91 Å². The Bertz CT molecular complexity index is 447. The molecule has 0 aliphatic carbocycles. The van der Waals surface area contributed by atoms with Crippen LogP contribution in [-0.2, 0) is 4.79 Å². The average molecular weight is 183 g/mol. The van der Waals surface area contributed by atoms with E-state index < -0.39 is 11.8 Å². The van der Waals surface area contributed by atoms with E-state index in [1.54, 1.807) is 0 Å². The van der Waals surface area contributed by atoms with Crippen molar-refractivity contribution in [3.05, 3.63) is 29.7 Å². The van der Waals surface area contributed by atoms with E-state index in [0.29, 0.717) is 0 Å². The van der Waals surface area contributed by atoms with Gasteiger partial charge in [-0.25, -0.2) is 0 Å². The molecule has 0 heterocycles. The van der Waals surface area contributed by atoms with Gasteiger partial charge in [0.2, 0.25) is 5.91 Å². The third kappa shape index (κ3) is 2.21. The van der Waals surface area contributed by atoms with Crippen LogP contribution in [0.1, 0.15) is 23.9 Å². The maximum Gasteiger partial charge on any atom is 0.224 e. The lowest BCUT2D eigenvalue weighted by atomic mass is 10.0. The van der Waals surface area contributed by atoms with Crippen molar-refractivity contribution in [2.24, 2.45) is 5.73 Å². The normalized spacial score (nSPS) is 16.5. The fraction of sp³-hybridized carbons (Fsp3) is 0.300. The van der Waals surface area contributed by atoms with Crippen LogP contribution in [0, 0.1) is 0 Å². The first-order chi connectivity index (χ1) is 7.82. The van der Waals surface area contributed by atoms with Crippen molar-refractivity contribution in [1.82, 2.24) is 0 Å². The summed E-state index contributed by atoms with van der Waals surface area (Å²) >= 11 is 0. The minimum absolute atomic E-state index is 0.00620. The molecule has 1 aromatic carbocycles. The largest absolute Gasteiger partial charge is 0.497 e. The highest BCUT2D eigenvalue weighted by molar-refractivity contribution is 5.81. The first kappa shape index (κ1) is 5.27. The lowest BCUT2D eigenvalue weighted by Gasteiger charge is -2.07. The van der Waals surface area contributed by atoms with Crippen LogP contribution in [-0.4, -0.2) is 13.0 Å². The third-order valence-electron chi connectivity index (χ3n) is 1.69. The molecule has 3 heteroatoms. The standard InChI is InChI=1S/C10H13NO2/c1-7(10(11)12)8-3-5-9(13-2)6-4-8/h3-7H,1-2H3,(H2,11,12)/i3D,4D,5D,6D. The van der Waals surface area contributed by atoms with E-state index in [9.17, 15) is 4.79 Å². The Morgan fingerprint density at radius 1 is 1.54 bits per heavy atom. The average Bonchev–Trinajstić information content (AvgIpc) is 2.27. The third-order valence-corrected chi connectivity index (χ3v) is 1.69. The molecule has 0 aliphatic rings. The van der Waals surface area contributed by atoms with E-state index in [-0.39, 0.29) is 35.5 Å². The van der Waals surface area contributed by atoms with Crippen LogP contribution in [0.25, 0.3) is 0 Å². The summed E-state index contributed by atoms with van der Waals surface area (Å²) in [5.74, 6) is -1.72. The molecule has 1 amide bonds. The Labute approximate surface area is 83.1 Å². The Morgan fingerprint density at radius 3 is 2.46 bits per heavy atom. The van der Waals surface area contributed by atoms with Gasteiger partial charge >= 0.3 is 0 Å². The van der Waals surface area contributed by atoms with Gasteiger partial charge in [-0.1, -0.05) is 12.1 Å². The van der Waals surface area contributed by atoms with Crippen molar-refractivity contribution in [2.75, 3.05) is 7.11 Å². The number of nitrogens with two attached hydrogens (primary N) is 1. The molecule has 1 rings (SSSR count). The number of hydrogen-bond acceptors (Lipinski definition) is 2. The zero-order valence-corrected chi connectivity index (χ0v) is 7.47. The zero-order valence-electron chi connectivity index (χ0n) is 11.5. The summed E-state index contributed by atoms with van der Waals surface area (Å²) in [6, 6.07) is -1.21. The molecule has 2 N–H and O–H groups in total. The Morgan fingerprint density at radius 2 is 2.08 bits per heavy atom. The number of benzene rings is 1. The molecular weight excluding hydrogens is 166 g/mol. The number of methoxy groups -OCH3 is 1. The van der Waals surface area contributed by atoms with Gasteiger partial charge in [0.15, 0.2) is 0 Å². The lowest BCUT2D eigenvalue weighted by molar-refractivity contribution is -0.119. The van der Waals surface area contributed by atoms with Gasteiger partial charge in [-0.2, -0.15) is 0 Å². The Balaban J connectivity index is 3.59. The Hall–Kier alpha value is -1.51. The molecule has 0 saturated heterocycles. The summed E-state index contributed by atoms with van der Waals surface area (Å²) in [5, 5.41) is 0. The summed E-state index contributed by atoms with van der Waals surface area (Å²) in [7, 11) is 1.27. The van der Waals surface area contributed by atoms with Crippen LogP contribution >= 0.6 is 0 Å². The summed E-state index contributed by atoms with van der Waals surface area (Å²) in [6.07, 6.45) is 0. The van der Waals surface area contributed by atoms with Gasteiger partial charge in [0.25, 0.3) is 0 Å². The van der Waals surface area contributed by atoms with E-state index in [4.69, 9.17) is 16.0 Å². The first-order valence-corrected chi connectivity index (χ1v) is 3.76. The van der Waals surface area contributed by atoms with Crippen molar-refractivity contribution in [2.45, 2.75) is 12.8 Å². The van der Waals surface area contributed by atoms with Crippen molar-refractivity contribution in [3.8, 4) is 5.75 Å². The van der Waals surface area contributed by atoms with Crippen LogP contribution in [0.5, 0.6) is 5.75 Å².